The van der Waals surface area contributed by atoms with Crippen LogP contribution in [0.5, 0.6) is 0 Å². The minimum absolute atomic E-state index is 0.0845. The molecule has 0 saturated heterocycles. The number of anilines is 1. The van der Waals surface area contributed by atoms with Crippen molar-refractivity contribution in [2.24, 2.45) is 0 Å². The van der Waals surface area contributed by atoms with Gasteiger partial charge in [-0.3, -0.25) is 10.1 Å². The van der Waals surface area contributed by atoms with Gasteiger partial charge in [0.25, 0.3) is 0 Å². The van der Waals surface area contributed by atoms with E-state index in [4.69, 9.17) is 16.0 Å². The Hall–Kier alpha value is -2.73. The average molecular weight is 329 g/mol. The SMILES string of the molecule is Cc1oc(-c2ccc(Cl)cc2)nc1CC(=O)Nc1ncccn1. The highest BCUT2D eigenvalue weighted by Crippen LogP contribution is 2.23. The Morgan fingerprint density at radius 2 is 1.91 bits per heavy atom. The molecule has 0 aliphatic rings. The zero-order chi connectivity index (χ0) is 16.2. The second-order valence-corrected chi connectivity index (χ2v) is 5.26. The van der Waals surface area contributed by atoms with Gasteiger partial charge in [0.05, 0.1) is 12.1 Å². The van der Waals surface area contributed by atoms with Crippen LogP contribution in [0.1, 0.15) is 11.5 Å². The number of hydrogen-bond acceptors (Lipinski definition) is 5. The molecule has 2 heterocycles. The van der Waals surface area contributed by atoms with Gasteiger partial charge in [-0.15, -0.1) is 0 Å². The van der Waals surface area contributed by atoms with E-state index in [1.807, 2.05) is 12.1 Å². The van der Waals surface area contributed by atoms with E-state index in [-0.39, 0.29) is 18.3 Å². The van der Waals surface area contributed by atoms with E-state index < -0.39 is 0 Å². The van der Waals surface area contributed by atoms with Gasteiger partial charge in [0.1, 0.15) is 5.76 Å². The molecule has 23 heavy (non-hydrogen) atoms. The topological polar surface area (TPSA) is 80.9 Å². The lowest BCUT2D eigenvalue weighted by Crippen LogP contribution is -2.16. The molecule has 3 aromatic rings. The van der Waals surface area contributed by atoms with Crippen LogP contribution in [-0.2, 0) is 11.2 Å². The predicted octanol–water partition coefficient (Wildman–Crippen LogP) is 3.27. The molecule has 0 aliphatic carbocycles. The number of hydrogen-bond donors (Lipinski definition) is 1. The Balaban J connectivity index is 1.73. The van der Waals surface area contributed by atoms with Crippen LogP contribution in [-0.4, -0.2) is 20.9 Å². The summed E-state index contributed by atoms with van der Waals surface area (Å²) in [5, 5.41) is 3.25. The number of aromatic nitrogens is 3. The summed E-state index contributed by atoms with van der Waals surface area (Å²) in [6, 6.07) is 8.82. The van der Waals surface area contributed by atoms with Gasteiger partial charge >= 0.3 is 0 Å². The van der Waals surface area contributed by atoms with E-state index in [2.05, 4.69) is 20.3 Å². The zero-order valence-electron chi connectivity index (χ0n) is 12.3. The zero-order valence-corrected chi connectivity index (χ0v) is 13.0. The molecule has 0 unspecified atom stereocenters. The van der Waals surface area contributed by atoms with Crippen LogP contribution in [0, 0.1) is 6.92 Å². The van der Waals surface area contributed by atoms with Crippen LogP contribution in [0.25, 0.3) is 11.5 Å². The van der Waals surface area contributed by atoms with E-state index in [0.29, 0.717) is 22.4 Å². The molecule has 0 radical (unpaired) electrons. The fourth-order valence-corrected chi connectivity index (χ4v) is 2.12. The van der Waals surface area contributed by atoms with Crippen molar-refractivity contribution in [3.63, 3.8) is 0 Å². The molecule has 2 aromatic heterocycles. The number of carbonyl (C=O) groups excluding carboxylic acids is 1. The van der Waals surface area contributed by atoms with Gasteiger partial charge in [0.15, 0.2) is 0 Å². The van der Waals surface area contributed by atoms with Crippen LogP contribution in [0.4, 0.5) is 5.95 Å². The van der Waals surface area contributed by atoms with E-state index >= 15 is 0 Å². The molecule has 0 aliphatic heterocycles. The minimum Gasteiger partial charge on any atom is -0.441 e. The van der Waals surface area contributed by atoms with Gasteiger partial charge in [-0.1, -0.05) is 11.6 Å². The lowest BCUT2D eigenvalue weighted by molar-refractivity contribution is -0.115. The summed E-state index contributed by atoms with van der Waals surface area (Å²) in [5.74, 6) is 1.06. The smallest absolute Gasteiger partial charge is 0.232 e. The summed E-state index contributed by atoms with van der Waals surface area (Å²) in [5.41, 5.74) is 1.37. The molecule has 3 rings (SSSR count). The normalized spacial score (nSPS) is 10.5. The Labute approximate surface area is 137 Å². The highest BCUT2D eigenvalue weighted by atomic mass is 35.5. The molecule has 1 aromatic carbocycles. The molecule has 0 bridgehead atoms. The van der Waals surface area contributed by atoms with E-state index in [1.54, 1.807) is 37.5 Å². The lowest BCUT2D eigenvalue weighted by atomic mass is 10.2. The third-order valence-electron chi connectivity index (χ3n) is 3.13. The lowest BCUT2D eigenvalue weighted by Gasteiger charge is -2.01. The molecule has 1 amide bonds. The van der Waals surface area contributed by atoms with Gasteiger partial charge in [0, 0.05) is 23.0 Å². The number of rotatable bonds is 4. The van der Waals surface area contributed by atoms with Gasteiger partial charge in [-0.2, -0.15) is 0 Å². The van der Waals surface area contributed by atoms with Crippen molar-refractivity contribution in [2.45, 2.75) is 13.3 Å². The number of benzene rings is 1. The number of nitrogens with zero attached hydrogens (tertiary/aromatic N) is 3. The molecule has 7 heteroatoms. The first-order chi connectivity index (χ1) is 11.1. The second kappa shape index (κ2) is 6.58. The monoisotopic (exact) mass is 328 g/mol. The fourth-order valence-electron chi connectivity index (χ4n) is 1.99. The predicted molar refractivity (Wildman–Crippen MR) is 86.1 cm³/mol. The molecule has 0 atom stereocenters. The van der Waals surface area contributed by atoms with Crippen LogP contribution in [0.2, 0.25) is 5.02 Å². The van der Waals surface area contributed by atoms with Crippen molar-refractivity contribution in [1.82, 2.24) is 15.0 Å². The summed E-state index contributed by atoms with van der Waals surface area (Å²) in [6.45, 7) is 1.77. The maximum atomic E-state index is 12.0. The van der Waals surface area contributed by atoms with Crippen LogP contribution < -0.4 is 5.32 Å². The third kappa shape index (κ3) is 3.73. The molecule has 0 spiro atoms. The van der Waals surface area contributed by atoms with Gasteiger partial charge < -0.3 is 4.42 Å². The number of oxazole rings is 1. The molecule has 0 saturated carbocycles. The number of aryl methyl sites for hydroxylation is 1. The molecule has 116 valence electrons. The fraction of sp³-hybridized carbons (Fsp3) is 0.125. The summed E-state index contributed by atoms with van der Waals surface area (Å²) in [7, 11) is 0. The number of carbonyl (C=O) groups is 1. The highest BCUT2D eigenvalue weighted by molar-refractivity contribution is 6.30. The summed E-state index contributed by atoms with van der Waals surface area (Å²) < 4.78 is 5.63. The summed E-state index contributed by atoms with van der Waals surface area (Å²) in [4.78, 5) is 24.3. The number of halogens is 1. The Morgan fingerprint density at radius 1 is 1.22 bits per heavy atom. The molecule has 0 fully saturated rings. The number of amides is 1. The van der Waals surface area contributed by atoms with Crippen LogP contribution >= 0.6 is 11.6 Å². The van der Waals surface area contributed by atoms with Gasteiger partial charge in [0.2, 0.25) is 17.7 Å². The first kappa shape index (κ1) is 15.2. The van der Waals surface area contributed by atoms with E-state index in [1.165, 1.54) is 0 Å². The summed E-state index contributed by atoms with van der Waals surface area (Å²) in [6.07, 6.45) is 3.20. The quantitative estimate of drug-likeness (QED) is 0.795. The Kier molecular flexibility index (Phi) is 4.34. The van der Waals surface area contributed by atoms with Crippen molar-refractivity contribution in [2.75, 3.05) is 5.32 Å². The maximum absolute atomic E-state index is 12.0. The molecular formula is C16H13ClN4O2. The minimum atomic E-state index is -0.254. The van der Waals surface area contributed by atoms with Crippen molar-refractivity contribution in [1.29, 1.82) is 0 Å². The molecular weight excluding hydrogens is 316 g/mol. The van der Waals surface area contributed by atoms with Crippen LogP contribution in [0.3, 0.4) is 0 Å². The van der Waals surface area contributed by atoms with Crippen molar-refractivity contribution in [3.8, 4) is 11.5 Å². The first-order valence-corrected chi connectivity index (χ1v) is 7.29. The molecule has 1 N–H and O–H groups in total. The largest absolute Gasteiger partial charge is 0.441 e. The highest BCUT2D eigenvalue weighted by Gasteiger charge is 2.15. The Bertz CT molecular complexity index is 816. The summed E-state index contributed by atoms with van der Waals surface area (Å²) >= 11 is 5.87. The standard InChI is InChI=1S/C16H13ClN4O2/c1-10-13(9-14(22)21-16-18-7-2-8-19-16)20-15(23-10)11-3-5-12(17)6-4-11/h2-8H,9H2,1H3,(H,18,19,21,22). The van der Waals surface area contributed by atoms with E-state index in [0.717, 1.165) is 5.56 Å². The maximum Gasteiger partial charge on any atom is 0.232 e. The van der Waals surface area contributed by atoms with Crippen LogP contribution in [0.15, 0.2) is 47.1 Å². The second-order valence-electron chi connectivity index (χ2n) is 4.83. The number of nitrogens with one attached hydrogen (secondary N) is 1. The molecule has 6 nitrogen and oxygen atoms in total. The van der Waals surface area contributed by atoms with Crippen molar-refractivity contribution < 1.29 is 9.21 Å². The van der Waals surface area contributed by atoms with Crippen molar-refractivity contribution >= 4 is 23.5 Å². The average Bonchev–Trinajstić information content (AvgIpc) is 2.90. The first-order valence-electron chi connectivity index (χ1n) is 6.91. The Morgan fingerprint density at radius 3 is 2.61 bits per heavy atom. The third-order valence-corrected chi connectivity index (χ3v) is 3.38. The van der Waals surface area contributed by atoms with Gasteiger partial charge in [-0.05, 0) is 37.3 Å². The van der Waals surface area contributed by atoms with E-state index in [9.17, 15) is 4.79 Å². The van der Waals surface area contributed by atoms with Crippen molar-refractivity contribution in [3.05, 3.63) is 59.2 Å². The van der Waals surface area contributed by atoms with Gasteiger partial charge in [-0.25, -0.2) is 15.0 Å².